The van der Waals surface area contributed by atoms with Crippen molar-refractivity contribution >= 4 is 21.5 Å². The minimum Gasteiger partial charge on any atom is -0.0654 e. The molecule has 0 nitrogen and oxygen atoms in total. The zero-order valence-corrected chi connectivity index (χ0v) is 44.4. The molecule has 0 heterocycles. The lowest BCUT2D eigenvalue weighted by Gasteiger charge is -2.35. The van der Waals surface area contributed by atoms with E-state index < -0.39 is 5.41 Å². The van der Waals surface area contributed by atoms with Crippen molar-refractivity contribution in [3.05, 3.63) is 238 Å². The second-order valence-electron chi connectivity index (χ2n) is 23.5. The summed E-state index contributed by atoms with van der Waals surface area (Å²) in [6.45, 7) is 20.9. The molecule has 0 bridgehead atoms. The summed E-state index contributed by atoms with van der Waals surface area (Å²) in [4.78, 5) is 0. The maximum Gasteiger partial charge on any atom is 0.0713 e. The van der Waals surface area contributed by atoms with Gasteiger partial charge in [0, 0.05) is 0 Å². The molecule has 0 fully saturated rings. The Hall–Kier alpha value is -7.28. The number of hydrogen-bond acceptors (Lipinski definition) is 0. The lowest BCUT2D eigenvalue weighted by Crippen LogP contribution is -2.29. The minimum absolute atomic E-state index is 0.00543. The largest absolute Gasteiger partial charge is 0.0713 e. The minimum atomic E-state index is -0.553. The summed E-state index contributed by atoms with van der Waals surface area (Å²) >= 11 is 0. The van der Waals surface area contributed by atoms with Gasteiger partial charge in [-0.25, -0.2) is 0 Å². The van der Waals surface area contributed by atoms with Crippen LogP contribution in [0, 0.1) is 13.8 Å². The van der Waals surface area contributed by atoms with Gasteiger partial charge >= 0.3 is 0 Å². The van der Waals surface area contributed by atoms with Crippen molar-refractivity contribution in [2.45, 2.75) is 111 Å². The third-order valence-corrected chi connectivity index (χ3v) is 16.6. The number of unbranched alkanes of at least 4 members (excludes halogenated alkanes) is 3. The highest BCUT2D eigenvalue weighted by Gasteiger charge is 2.47. The first kappa shape index (κ1) is 46.8. The maximum absolute atomic E-state index is 2.62. The van der Waals surface area contributed by atoms with Crippen molar-refractivity contribution in [3.8, 4) is 66.8 Å². The Morgan fingerprint density at radius 1 is 0.370 bits per heavy atom. The first-order valence-corrected chi connectivity index (χ1v) is 27.1. The number of rotatable bonds is 10. The van der Waals surface area contributed by atoms with E-state index in [1.165, 1.54) is 164 Å². The van der Waals surface area contributed by atoms with Crippen LogP contribution < -0.4 is 0 Å². The first-order valence-electron chi connectivity index (χ1n) is 27.1. The topological polar surface area (TPSA) is 0 Å². The molecule has 0 N–H and O–H groups in total. The second-order valence-corrected chi connectivity index (χ2v) is 23.5. The quantitative estimate of drug-likeness (QED) is 0.120. The molecule has 0 saturated heterocycles. The summed E-state index contributed by atoms with van der Waals surface area (Å²) in [6, 6.07) is 73.6. The molecule has 360 valence electrons. The van der Waals surface area contributed by atoms with E-state index in [0.29, 0.717) is 0 Å². The Balaban J connectivity index is 1.18. The molecule has 10 aromatic rings. The van der Waals surface area contributed by atoms with Crippen LogP contribution in [-0.4, -0.2) is 0 Å². The number of fused-ring (bicyclic) bond motifs is 7. The Morgan fingerprint density at radius 2 is 0.904 bits per heavy atom. The van der Waals surface area contributed by atoms with Crippen molar-refractivity contribution in [1.29, 1.82) is 0 Å². The monoisotopic (exact) mass is 945 g/mol. The fourth-order valence-electron chi connectivity index (χ4n) is 12.8. The zero-order valence-electron chi connectivity index (χ0n) is 44.4. The molecule has 0 heteroatoms. The van der Waals surface area contributed by atoms with Gasteiger partial charge in [-0.05, 0) is 171 Å². The van der Waals surface area contributed by atoms with Gasteiger partial charge in [0.15, 0.2) is 0 Å². The van der Waals surface area contributed by atoms with Crippen molar-refractivity contribution in [2.24, 2.45) is 0 Å². The molecular weight excluding hydrogens is 877 g/mol. The summed E-state index contributed by atoms with van der Waals surface area (Å²) in [7, 11) is 0. The molecule has 0 amide bonds. The molecule has 0 saturated carbocycles. The molecule has 2 aliphatic carbocycles. The smallest absolute Gasteiger partial charge is 0.0654 e. The molecule has 0 atom stereocenters. The SMILES string of the molecule is CCCCCCc1ccc(C2(c3ccc4c(-c5ccccc5)c5c(c(-c6ccccc6)c4c3)-c3ccc(-c4cc(C(C)(C)C)cc(C(C)(C)C)c4)c4cccc-5c34)c3cc(C)ccc3-c3ccc(C)cc32)cc1. The van der Waals surface area contributed by atoms with Crippen LogP contribution >= 0.6 is 0 Å². The van der Waals surface area contributed by atoms with Crippen molar-refractivity contribution in [2.75, 3.05) is 0 Å². The summed E-state index contributed by atoms with van der Waals surface area (Å²) in [5, 5.41) is 5.20. The van der Waals surface area contributed by atoms with Gasteiger partial charge in [0.2, 0.25) is 0 Å². The van der Waals surface area contributed by atoms with Gasteiger partial charge in [-0.3, -0.25) is 0 Å². The van der Waals surface area contributed by atoms with Gasteiger partial charge in [0.05, 0.1) is 5.41 Å². The van der Waals surface area contributed by atoms with Crippen LogP contribution in [0.5, 0.6) is 0 Å². The lowest BCUT2D eigenvalue weighted by atomic mass is 9.66. The zero-order chi connectivity index (χ0) is 50.4. The van der Waals surface area contributed by atoms with Crippen LogP contribution in [0.15, 0.2) is 188 Å². The Bertz CT molecular complexity index is 3690. The van der Waals surface area contributed by atoms with E-state index in [4.69, 9.17) is 0 Å². The number of aryl methyl sites for hydroxylation is 3. The fourth-order valence-corrected chi connectivity index (χ4v) is 12.8. The first-order chi connectivity index (χ1) is 35.2. The average molecular weight is 945 g/mol. The van der Waals surface area contributed by atoms with E-state index in [2.05, 4.69) is 250 Å². The van der Waals surface area contributed by atoms with Gasteiger partial charge in [-0.1, -0.05) is 261 Å². The van der Waals surface area contributed by atoms with Gasteiger partial charge < -0.3 is 0 Å². The lowest BCUT2D eigenvalue weighted by molar-refractivity contribution is 0.569. The van der Waals surface area contributed by atoms with Crippen LogP contribution in [0.4, 0.5) is 0 Å². The van der Waals surface area contributed by atoms with E-state index in [1.54, 1.807) is 0 Å². The standard InChI is InChI=1S/C73H68/c1-10-11-12-15-21-48-30-32-52(33-31-48)73(64-40-46(2)28-35-57(64)58-36-29-47(3)41-65(58)73)53-34-37-60-63(45-53)67(50-24-18-14-19-25-50)70-62-39-38-56(51-42-54(71(4,5)6)44-55(43-51)72(7,8)9)59-26-20-27-61(68(59)62)69(70)66(60)49-22-16-13-17-23-49/h13-14,16-20,22-45H,10-12,15,21H2,1-9H3. The molecular formula is C73H68. The molecule has 2 aliphatic rings. The molecule has 0 aliphatic heterocycles. The molecule has 10 aromatic carbocycles. The molecule has 0 radical (unpaired) electrons. The van der Waals surface area contributed by atoms with E-state index in [-0.39, 0.29) is 10.8 Å². The number of hydrogen-bond donors (Lipinski definition) is 0. The van der Waals surface area contributed by atoms with Gasteiger partial charge in [0.25, 0.3) is 0 Å². The molecule has 0 unspecified atom stereocenters. The van der Waals surface area contributed by atoms with Crippen LogP contribution in [0.2, 0.25) is 0 Å². The van der Waals surface area contributed by atoms with E-state index >= 15 is 0 Å². The Morgan fingerprint density at radius 3 is 1.48 bits per heavy atom. The Labute approximate surface area is 434 Å². The van der Waals surface area contributed by atoms with Gasteiger partial charge in [-0.15, -0.1) is 0 Å². The van der Waals surface area contributed by atoms with Gasteiger partial charge in [0.1, 0.15) is 0 Å². The van der Waals surface area contributed by atoms with Gasteiger partial charge in [-0.2, -0.15) is 0 Å². The van der Waals surface area contributed by atoms with E-state index in [9.17, 15) is 0 Å². The summed E-state index contributed by atoms with van der Waals surface area (Å²) in [6.07, 6.45) is 6.16. The van der Waals surface area contributed by atoms with Crippen molar-refractivity contribution < 1.29 is 0 Å². The fraction of sp³-hybridized carbons (Fsp3) is 0.233. The predicted octanol–water partition coefficient (Wildman–Crippen LogP) is 20.3. The number of benzene rings is 10. The normalized spacial score (nSPS) is 13.4. The third-order valence-electron chi connectivity index (χ3n) is 16.6. The van der Waals surface area contributed by atoms with Crippen LogP contribution in [0.25, 0.3) is 88.3 Å². The molecule has 12 rings (SSSR count). The highest BCUT2D eigenvalue weighted by atomic mass is 14.5. The molecule has 73 heavy (non-hydrogen) atoms. The predicted molar refractivity (Wildman–Crippen MR) is 314 cm³/mol. The van der Waals surface area contributed by atoms with E-state index in [1.807, 2.05) is 0 Å². The molecule has 0 aromatic heterocycles. The summed E-state index contributed by atoms with van der Waals surface area (Å²) < 4.78 is 0. The van der Waals surface area contributed by atoms with Crippen molar-refractivity contribution in [3.63, 3.8) is 0 Å². The Kier molecular flexibility index (Phi) is 11.4. The van der Waals surface area contributed by atoms with Crippen molar-refractivity contribution in [1.82, 2.24) is 0 Å². The second kappa shape index (κ2) is 17.7. The van der Waals surface area contributed by atoms with Crippen LogP contribution in [0.3, 0.4) is 0 Å². The third kappa shape index (κ3) is 7.63. The summed E-state index contributed by atoms with van der Waals surface area (Å²) in [5.74, 6) is 0. The average Bonchev–Trinajstić information content (AvgIpc) is 3.88. The van der Waals surface area contributed by atoms with Crippen LogP contribution in [0.1, 0.15) is 124 Å². The van der Waals surface area contributed by atoms with Crippen LogP contribution in [-0.2, 0) is 22.7 Å². The summed E-state index contributed by atoms with van der Waals surface area (Å²) in [5.41, 5.74) is 27.1. The van der Waals surface area contributed by atoms with E-state index in [0.717, 1.165) is 6.42 Å². The molecule has 0 spiro atoms. The highest BCUT2D eigenvalue weighted by Crippen LogP contribution is 2.61. The maximum atomic E-state index is 2.62. The highest BCUT2D eigenvalue weighted by molar-refractivity contribution is 6.29.